The van der Waals surface area contributed by atoms with Crippen LogP contribution in [0.15, 0.2) is 48.5 Å². The summed E-state index contributed by atoms with van der Waals surface area (Å²) in [6.07, 6.45) is 2.29. The minimum atomic E-state index is -0.972. The van der Waals surface area contributed by atoms with Gasteiger partial charge in [-0.1, -0.05) is 27.7 Å². The summed E-state index contributed by atoms with van der Waals surface area (Å²) in [5.74, 6) is 0.398. The first kappa shape index (κ1) is 32.8. The van der Waals surface area contributed by atoms with Gasteiger partial charge in [-0.05, 0) is 81.3 Å². The first-order chi connectivity index (χ1) is 21.0. The number of hydrogen-bond donors (Lipinski definition) is 3. The zero-order chi connectivity index (χ0) is 32.1. The van der Waals surface area contributed by atoms with Gasteiger partial charge in [0.25, 0.3) is 5.91 Å². The van der Waals surface area contributed by atoms with Crippen LogP contribution >= 0.6 is 0 Å². The van der Waals surface area contributed by atoms with E-state index in [0.29, 0.717) is 29.9 Å². The Hall–Kier alpha value is -4.12. The zero-order valence-electron chi connectivity index (χ0n) is 26.2. The predicted octanol–water partition coefficient (Wildman–Crippen LogP) is 3.74. The van der Waals surface area contributed by atoms with E-state index in [4.69, 9.17) is 14.6 Å². The van der Waals surface area contributed by atoms with Gasteiger partial charge >= 0.3 is 5.97 Å². The lowest BCUT2D eigenvalue weighted by molar-refractivity contribution is -0.162. The van der Waals surface area contributed by atoms with Crippen LogP contribution in [-0.4, -0.2) is 84.3 Å². The fraction of sp³-hybridized carbons (Fsp3) is 0.515. The third-order valence-corrected chi connectivity index (χ3v) is 9.46. The van der Waals surface area contributed by atoms with Gasteiger partial charge in [0.2, 0.25) is 11.8 Å². The van der Waals surface area contributed by atoms with E-state index in [1.54, 1.807) is 24.3 Å². The van der Waals surface area contributed by atoms with Crippen molar-refractivity contribution in [2.24, 2.45) is 10.8 Å². The monoisotopic (exact) mass is 608 g/mol. The van der Waals surface area contributed by atoms with Gasteiger partial charge in [-0.3, -0.25) is 14.4 Å². The molecular weight excluding hydrogens is 564 g/mol. The molecule has 0 aliphatic carbocycles. The predicted molar refractivity (Wildman–Crippen MR) is 164 cm³/mol. The Bertz CT molecular complexity index is 1330. The van der Waals surface area contributed by atoms with E-state index >= 15 is 0 Å². The summed E-state index contributed by atoms with van der Waals surface area (Å²) in [5.41, 5.74) is -0.0196. The van der Waals surface area contributed by atoms with Crippen molar-refractivity contribution in [2.75, 3.05) is 33.2 Å². The minimum absolute atomic E-state index is 0.0182. The molecule has 3 N–H and O–H groups in total. The number of carbonyl (C=O) groups is 4. The minimum Gasteiger partial charge on any atom is -0.478 e. The average molecular weight is 609 g/mol. The molecule has 3 aliphatic heterocycles. The Morgan fingerprint density at radius 1 is 0.727 bits per heavy atom. The molecule has 3 aliphatic rings. The zero-order valence-corrected chi connectivity index (χ0v) is 26.2. The standard InChI is InChI=1S/C19H27N3O3.C14H17NO4/c1-4-19(5-2)17(24)20-18(19)25-15-8-6-14(7-9-15)16(23)22-12-10-21(3)11-13-22;1-3-14(4-2)12(18)15-13(14)19-10-7-5-9(6-8-10)11(16)17/h6-9,18H,4-5,10-13H2,1-3H3,(H,20,24);5-8,13H,3-4H2,1-2H3,(H,15,18)(H,16,17). The van der Waals surface area contributed by atoms with Crippen molar-refractivity contribution in [3.05, 3.63) is 59.7 Å². The summed E-state index contributed by atoms with van der Waals surface area (Å²) in [6, 6.07) is 13.4. The van der Waals surface area contributed by atoms with E-state index in [1.165, 1.54) is 12.1 Å². The molecule has 3 heterocycles. The number of amides is 3. The molecule has 3 amide bonds. The molecule has 0 bridgehead atoms. The molecule has 11 heteroatoms. The van der Waals surface area contributed by atoms with E-state index in [1.807, 2.05) is 44.7 Å². The van der Waals surface area contributed by atoms with Crippen LogP contribution in [0.2, 0.25) is 0 Å². The molecular formula is C33H44N4O7. The highest BCUT2D eigenvalue weighted by Gasteiger charge is 2.55. The van der Waals surface area contributed by atoms with Crippen LogP contribution < -0.4 is 20.1 Å². The van der Waals surface area contributed by atoms with E-state index < -0.39 is 16.8 Å². The van der Waals surface area contributed by atoms with Crippen molar-refractivity contribution in [2.45, 2.75) is 65.8 Å². The lowest BCUT2D eigenvalue weighted by Crippen LogP contribution is -2.69. The van der Waals surface area contributed by atoms with E-state index in [0.717, 1.165) is 39.0 Å². The highest BCUT2D eigenvalue weighted by Crippen LogP contribution is 2.40. The lowest BCUT2D eigenvalue weighted by atomic mass is 9.73. The number of nitrogens with zero attached hydrogens (tertiary/aromatic N) is 2. The second-order valence-corrected chi connectivity index (χ2v) is 11.6. The Kier molecular flexibility index (Phi) is 10.2. The molecule has 2 unspecified atom stereocenters. The summed E-state index contributed by atoms with van der Waals surface area (Å²) in [6.45, 7) is 11.3. The molecule has 0 aromatic heterocycles. The largest absolute Gasteiger partial charge is 0.478 e. The highest BCUT2D eigenvalue weighted by molar-refractivity contribution is 5.94. The smallest absolute Gasteiger partial charge is 0.335 e. The summed E-state index contributed by atoms with van der Waals surface area (Å²) in [5, 5.41) is 14.4. The van der Waals surface area contributed by atoms with Gasteiger partial charge in [0.15, 0.2) is 12.5 Å². The maximum atomic E-state index is 12.6. The SMILES string of the molecule is CCC1(CC)C(=O)NC1Oc1ccc(C(=O)N2CCN(C)CC2)cc1.CCC1(CC)C(=O)NC1Oc1ccc(C(=O)O)cc1. The van der Waals surface area contributed by atoms with E-state index in [2.05, 4.69) is 22.6 Å². The molecule has 2 atom stereocenters. The molecule has 0 radical (unpaired) electrons. The van der Waals surface area contributed by atoms with Crippen molar-refractivity contribution in [1.82, 2.24) is 20.4 Å². The maximum Gasteiger partial charge on any atom is 0.335 e. The number of ether oxygens (including phenoxy) is 2. The molecule has 238 valence electrons. The molecule has 0 spiro atoms. The fourth-order valence-corrected chi connectivity index (χ4v) is 5.87. The van der Waals surface area contributed by atoms with E-state index in [9.17, 15) is 19.2 Å². The Balaban J connectivity index is 0.000000209. The Morgan fingerprint density at radius 2 is 1.11 bits per heavy atom. The van der Waals surface area contributed by atoms with Crippen molar-refractivity contribution in [3.63, 3.8) is 0 Å². The maximum absolute atomic E-state index is 12.6. The van der Waals surface area contributed by atoms with Crippen LogP contribution in [0.25, 0.3) is 0 Å². The van der Waals surface area contributed by atoms with Gasteiger partial charge in [0, 0.05) is 31.7 Å². The first-order valence-corrected chi connectivity index (χ1v) is 15.4. The van der Waals surface area contributed by atoms with Crippen LogP contribution in [0, 0.1) is 10.8 Å². The summed E-state index contributed by atoms with van der Waals surface area (Å²) in [4.78, 5) is 51.0. The van der Waals surface area contributed by atoms with Gasteiger partial charge in [-0.15, -0.1) is 0 Å². The third kappa shape index (κ3) is 6.38. The highest BCUT2D eigenvalue weighted by atomic mass is 16.5. The molecule has 11 nitrogen and oxygen atoms in total. The molecule has 44 heavy (non-hydrogen) atoms. The molecule has 2 aromatic rings. The Labute approximate surface area is 258 Å². The number of benzene rings is 2. The van der Waals surface area contributed by atoms with Crippen LogP contribution in [0.3, 0.4) is 0 Å². The van der Waals surface area contributed by atoms with Gasteiger partial charge in [-0.2, -0.15) is 0 Å². The Morgan fingerprint density at radius 3 is 1.45 bits per heavy atom. The van der Waals surface area contributed by atoms with Crippen molar-refractivity contribution in [3.8, 4) is 11.5 Å². The van der Waals surface area contributed by atoms with Crippen molar-refractivity contribution < 1.29 is 33.8 Å². The molecule has 5 rings (SSSR count). The number of carboxylic acids is 1. The van der Waals surface area contributed by atoms with Gasteiger partial charge < -0.3 is 35.0 Å². The van der Waals surface area contributed by atoms with Gasteiger partial charge in [0.05, 0.1) is 5.56 Å². The normalized spacial score (nSPS) is 21.8. The van der Waals surface area contributed by atoms with Crippen molar-refractivity contribution >= 4 is 23.7 Å². The molecule has 2 aromatic carbocycles. The molecule has 3 saturated heterocycles. The number of rotatable bonds is 10. The summed E-state index contributed by atoms with van der Waals surface area (Å²) < 4.78 is 11.7. The topological polar surface area (TPSA) is 138 Å². The number of nitrogens with one attached hydrogen (secondary N) is 2. The second-order valence-electron chi connectivity index (χ2n) is 11.6. The summed E-state index contributed by atoms with van der Waals surface area (Å²) >= 11 is 0. The number of piperazine rings is 1. The number of carbonyl (C=O) groups excluding carboxylic acids is 3. The molecule has 3 fully saturated rings. The fourth-order valence-electron chi connectivity index (χ4n) is 5.87. The van der Waals surface area contributed by atoms with Crippen LogP contribution in [0.4, 0.5) is 0 Å². The quantitative estimate of drug-likeness (QED) is 0.347. The number of β-lactam (4-membered cyclic amide) rings is 2. The number of likely N-dealkylation sites (N-methyl/N-ethyl adjacent to an activating group) is 1. The number of carboxylic acid groups (broad SMARTS) is 1. The van der Waals surface area contributed by atoms with E-state index in [-0.39, 0.29) is 35.7 Å². The molecule has 0 saturated carbocycles. The van der Waals surface area contributed by atoms with Crippen LogP contribution in [0.5, 0.6) is 11.5 Å². The van der Waals surface area contributed by atoms with Crippen molar-refractivity contribution in [1.29, 1.82) is 0 Å². The second kappa shape index (κ2) is 13.7. The summed E-state index contributed by atoms with van der Waals surface area (Å²) in [7, 11) is 2.07. The number of aromatic carboxylic acids is 1. The van der Waals surface area contributed by atoms with Gasteiger partial charge in [-0.25, -0.2) is 4.79 Å². The van der Waals surface area contributed by atoms with Gasteiger partial charge in [0.1, 0.15) is 22.3 Å². The van der Waals surface area contributed by atoms with Crippen LogP contribution in [0.1, 0.15) is 74.1 Å². The first-order valence-electron chi connectivity index (χ1n) is 15.4. The number of hydrogen-bond acceptors (Lipinski definition) is 7. The third-order valence-electron chi connectivity index (χ3n) is 9.46. The van der Waals surface area contributed by atoms with Crippen LogP contribution in [-0.2, 0) is 9.59 Å². The average Bonchev–Trinajstić information content (AvgIpc) is 3.03. The lowest BCUT2D eigenvalue weighted by Gasteiger charge is -2.47.